The molecular weight excluding hydrogens is 288 g/mol. The monoisotopic (exact) mass is 310 g/mol. The Kier molecular flexibility index (Phi) is 5.88. The molecule has 1 saturated carbocycles. The summed E-state index contributed by atoms with van der Waals surface area (Å²) in [7, 11) is 0. The minimum atomic E-state index is 0.0627. The average molecular weight is 311 g/mol. The van der Waals surface area contributed by atoms with Crippen LogP contribution in [0.25, 0.3) is 0 Å². The molecule has 1 unspecified atom stereocenters. The largest absolute Gasteiger partial charge is 0.493 e. The predicted octanol–water partition coefficient (Wildman–Crippen LogP) is 3.06. The third kappa shape index (κ3) is 5.21. The topological polar surface area (TPSA) is 50.4 Å². The van der Waals surface area contributed by atoms with Crippen molar-refractivity contribution in [3.63, 3.8) is 0 Å². The van der Waals surface area contributed by atoms with Gasteiger partial charge in [0.1, 0.15) is 5.75 Å². The molecule has 0 saturated heterocycles. The van der Waals surface area contributed by atoms with Crippen molar-refractivity contribution in [1.82, 2.24) is 10.6 Å². The van der Waals surface area contributed by atoms with Crippen LogP contribution in [0, 0.1) is 0 Å². The Balaban J connectivity index is 1.90. The van der Waals surface area contributed by atoms with Crippen LogP contribution < -0.4 is 15.4 Å². The van der Waals surface area contributed by atoms with Crippen molar-refractivity contribution < 1.29 is 9.53 Å². The van der Waals surface area contributed by atoms with Crippen LogP contribution in [0.3, 0.4) is 0 Å². The number of carbonyl (C=O) groups excluding carboxylic acids is 1. The van der Waals surface area contributed by atoms with E-state index >= 15 is 0 Å². The lowest BCUT2D eigenvalue weighted by Gasteiger charge is -2.18. The fourth-order valence-corrected chi connectivity index (χ4v) is 2.37. The average Bonchev–Trinajstić information content (AvgIpc) is 3.24. The maximum atomic E-state index is 11.6. The third-order valence-corrected chi connectivity index (χ3v) is 3.71. The second-order valence-corrected chi connectivity index (χ2v) is 5.84. The molecule has 2 N–H and O–H groups in total. The van der Waals surface area contributed by atoms with Crippen LogP contribution in [0.2, 0.25) is 5.02 Å². The molecule has 4 nitrogen and oxygen atoms in total. The molecule has 0 heterocycles. The smallest absolute Gasteiger partial charge is 0.223 e. The summed E-state index contributed by atoms with van der Waals surface area (Å²) in [6.45, 7) is 5.38. The van der Waals surface area contributed by atoms with Crippen LogP contribution in [0.1, 0.15) is 44.7 Å². The van der Waals surface area contributed by atoms with Gasteiger partial charge in [-0.05, 0) is 44.5 Å². The molecule has 116 valence electrons. The van der Waals surface area contributed by atoms with Crippen LogP contribution in [0.5, 0.6) is 5.75 Å². The van der Waals surface area contributed by atoms with Gasteiger partial charge >= 0.3 is 0 Å². The summed E-state index contributed by atoms with van der Waals surface area (Å²) >= 11 is 6.06. The predicted molar refractivity (Wildman–Crippen MR) is 84.8 cm³/mol. The van der Waals surface area contributed by atoms with E-state index in [1.165, 1.54) is 0 Å². The first-order valence-corrected chi connectivity index (χ1v) is 7.93. The SMILES string of the molecule is CCNC(C)c1cc(Cl)ccc1OCCC(=O)NC1CC1. The standard InChI is InChI=1S/C16H23ClN2O2/c1-3-18-11(2)14-10-12(17)4-7-15(14)21-9-8-16(20)19-13-5-6-13/h4,7,10-11,13,18H,3,5-6,8-9H2,1-2H3,(H,19,20). The molecule has 1 aromatic carbocycles. The van der Waals surface area contributed by atoms with Gasteiger partial charge in [-0.15, -0.1) is 0 Å². The molecule has 0 spiro atoms. The summed E-state index contributed by atoms with van der Waals surface area (Å²) in [5.41, 5.74) is 1.02. The summed E-state index contributed by atoms with van der Waals surface area (Å²) in [6.07, 6.45) is 2.59. The Bertz CT molecular complexity index is 489. The Morgan fingerprint density at radius 2 is 2.24 bits per heavy atom. The van der Waals surface area contributed by atoms with Crippen molar-refractivity contribution in [2.75, 3.05) is 13.2 Å². The lowest BCUT2D eigenvalue weighted by Crippen LogP contribution is -2.26. The van der Waals surface area contributed by atoms with Crippen molar-refractivity contribution in [2.24, 2.45) is 0 Å². The molecule has 1 aliphatic rings. The molecule has 0 aliphatic heterocycles. The van der Waals surface area contributed by atoms with Crippen LogP contribution in [-0.4, -0.2) is 25.1 Å². The minimum Gasteiger partial charge on any atom is -0.493 e. The van der Waals surface area contributed by atoms with Gasteiger partial charge < -0.3 is 15.4 Å². The highest BCUT2D eigenvalue weighted by atomic mass is 35.5. The first kappa shape index (κ1) is 16.1. The van der Waals surface area contributed by atoms with Gasteiger partial charge in [-0.3, -0.25) is 4.79 Å². The van der Waals surface area contributed by atoms with E-state index < -0.39 is 0 Å². The maximum Gasteiger partial charge on any atom is 0.223 e. The number of nitrogens with one attached hydrogen (secondary N) is 2. The summed E-state index contributed by atoms with van der Waals surface area (Å²) in [6, 6.07) is 6.14. The van der Waals surface area contributed by atoms with Crippen molar-refractivity contribution in [3.8, 4) is 5.75 Å². The van der Waals surface area contributed by atoms with E-state index in [2.05, 4.69) is 24.5 Å². The summed E-state index contributed by atoms with van der Waals surface area (Å²) < 4.78 is 5.77. The van der Waals surface area contributed by atoms with Gasteiger partial charge in [-0.25, -0.2) is 0 Å². The number of halogens is 1. The number of hydrogen-bond donors (Lipinski definition) is 2. The molecule has 2 rings (SSSR count). The van der Waals surface area contributed by atoms with Crippen molar-refractivity contribution in [3.05, 3.63) is 28.8 Å². The summed E-state index contributed by atoms with van der Waals surface area (Å²) in [5, 5.41) is 6.99. The molecule has 0 bridgehead atoms. The van der Waals surface area contributed by atoms with Crippen molar-refractivity contribution in [2.45, 2.75) is 45.2 Å². The highest BCUT2D eigenvalue weighted by Gasteiger charge is 2.23. The second-order valence-electron chi connectivity index (χ2n) is 5.40. The van der Waals surface area contributed by atoms with Gasteiger partial charge in [0.15, 0.2) is 0 Å². The molecule has 0 aromatic heterocycles. The Morgan fingerprint density at radius 1 is 1.48 bits per heavy atom. The fourth-order valence-electron chi connectivity index (χ4n) is 2.19. The zero-order valence-electron chi connectivity index (χ0n) is 12.6. The van der Waals surface area contributed by atoms with Gasteiger partial charge in [-0.1, -0.05) is 18.5 Å². The molecule has 1 fully saturated rings. The number of rotatable bonds is 8. The fraction of sp³-hybridized carbons (Fsp3) is 0.562. The van der Waals surface area contributed by atoms with Gasteiger partial charge in [0.25, 0.3) is 0 Å². The molecule has 1 atom stereocenters. The quantitative estimate of drug-likeness (QED) is 0.776. The normalized spacial score (nSPS) is 15.6. The number of ether oxygens (including phenoxy) is 1. The van der Waals surface area contributed by atoms with Gasteiger partial charge in [-0.2, -0.15) is 0 Å². The van der Waals surface area contributed by atoms with Crippen molar-refractivity contribution in [1.29, 1.82) is 0 Å². The van der Waals surface area contributed by atoms with Crippen LogP contribution in [0.15, 0.2) is 18.2 Å². The second kappa shape index (κ2) is 7.66. The van der Waals surface area contributed by atoms with Crippen LogP contribution in [0.4, 0.5) is 0 Å². The van der Waals surface area contributed by atoms with Gasteiger partial charge in [0, 0.05) is 22.7 Å². The van der Waals surface area contributed by atoms with Gasteiger partial charge in [0.2, 0.25) is 5.91 Å². The number of hydrogen-bond acceptors (Lipinski definition) is 3. The Hall–Kier alpha value is -1.26. The van der Waals surface area contributed by atoms with Crippen LogP contribution >= 0.6 is 11.6 Å². The highest BCUT2D eigenvalue weighted by Crippen LogP contribution is 2.28. The van der Waals surface area contributed by atoms with Gasteiger partial charge in [0.05, 0.1) is 13.0 Å². The molecule has 21 heavy (non-hydrogen) atoms. The molecule has 5 heteroatoms. The van der Waals surface area contributed by atoms with Crippen molar-refractivity contribution >= 4 is 17.5 Å². The number of benzene rings is 1. The third-order valence-electron chi connectivity index (χ3n) is 3.48. The molecule has 1 aromatic rings. The van der Waals surface area contributed by atoms with E-state index in [0.717, 1.165) is 30.7 Å². The zero-order chi connectivity index (χ0) is 15.2. The first-order chi connectivity index (χ1) is 10.1. The summed E-state index contributed by atoms with van der Waals surface area (Å²) in [5.74, 6) is 0.847. The Labute approximate surface area is 131 Å². The molecular formula is C16H23ClN2O2. The minimum absolute atomic E-state index is 0.0627. The lowest BCUT2D eigenvalue weighted by atomic mass is 10.1. The highest BCUT2D eigenvalue weighted by molar-refractivity contribution is 6.30. The molecule has 1 aliphatic carbocycles. The number of amides is 1. The van der Waals surface area contributed by atoms with E-state index in [0.29, 0.717) is 24.1 Å². The molecule has 1 amide bonds. The zero-order valence-corrected chi connectivity index (χ0v) is 13.4. The summed E-state index contributed by atoms with van der Waals surface area (Å²) in [4.78, 5) is 11.6. The first-order valence-electron chi connectivity index (χ1n) is 7.55. The Morgan fingerprint density at radius 3 is 2.90 bits per heavy atom. The van der Waals surface area contributed by atoms with Crippen LogP contribution in [-0.2, 0) is 4.79 Å². The maximum absolute atomic E-state index is 11.6. The molecule has 0 radical (unpaired) electrons. The van der Waals surface area contributed by atoms with E-state index in [-0.39, 0.29) is 11.9 Å². The van der Waals surface area contributed by atoms with E-state index in [9.17, 15) is 4.79 Å². The van der Waals surface area contributed by atoms with E-state index in [1.807, 2.05) is 18.2 Å². The lowest BCUT2D eigenvalue weighted by molar-refractivity contribution is -0.121. The van der Waals surface area contributed by atoms with E-state index in [1.54, 1.807) is 0 Å². The number of carbonyl (C=O) groups is 1. The van der Waals surface area contributed by atoms with E-state index in [4.69, 9.17) is 16.3 Å².